The van der Waals surface area contributed by atoms with Crippen molar-refractivity contribution in [3.8, 4) is 5.75 Å². The second-order valence-corrected chi connectivity index (χ2v) is 8.66. The summed E-state index contributed by atoms with van der Waals surface area (Å²) in [6.45, 7) is 8.97. The molecule has 2 aliphatic heterocycles. The number of carbonyl (C=O) groups excluding carboxylic acids is 1. The van der Waals surface area contributed by atoms with Crippen molar-refractivity contribution in [2.45, 2.75) is 39.0 Å². The number of ether oxygens (including phenoxy) is 2. The Bertz CT molecular complexity index is 732. The zero-order valence-corrected chi connectivity index (χ0v) is 17.9. The lowest BCUT2D eigenvalue weighted by Gasteiger charge is -2.39. The van der Waals surface area contributed by atoms with Crippen molar-refractivity contribution in [1.82, 2.24) is 15.1 Å². The van der Waals surface area contributed by atoms with Crippen LogP contribution >= 0.6 is 15.9 Å². The van der Waals surface area contributed by atoms with Gasteiger partial charge in [-0.05, 0) is 39.0 Å². The maximum atomic E-state index is 12.3. The highest BCUT2D eigenvalue weighted by molar-refractivity contribution is 9.10. The van der Waals surface area contributed by atoms with Crippen molar-refractivity contribution in [2.24, 2.45) is 4.99 Å². The molecule has 148 valence electrons. The molecule has 27 heavy (non-hydrogen) atoms. The van der Waals surface area contributed by atoms with Gasteiger partial charge in [0.25, 0.3) is 0 Å². The first-order chi connectivity index (χ1) is 12.8. The topological polar surface area (TPSA) is 66.4 Å². The Hall–Kier alpha value is -1.96. The van der Waals surface area contributed by atoms with Crippen molar-refractivity contribution in [3.63, 3.8) is 0 Å². The van der Waals surface area contributed by atoms with Crippen molar-refractivity contribution in [1.29, 1.82) is 0 Å². The molecule has 1 amide bonds. The molecule has 1 aromatic rings. The Morgan fingerprint density at radius 3 is 2.85 bits per heavy atom. The SMILES string of the molecule is COc1ccc(Br)cc1CNC1=NCC2CN(C(=O)OC(C)(C)C)CCN12. The summed E-state index contributed by atoms with van der Waals surface area (Å²) in [5, 5.41) is 3.42. The van der Waals surface area contributed by atoms with Gasteiger partial charge >= 0.3 is 6.09 Å². The summed E-state index contributed by atoms with van der Waals surface area (Å²) in [5.74, 6) is 1.72. The minimum Gasteiger partial charge on any atom is -0.496 e. The van der Waals surface area contributed by atoms with E-state index in [2.05, 4.69) is 31.1 Å². The van der Waals surface area contributed by atoms with Gasteiger partial charge in [0.1, 0.15) is 11.4 Å². The zero-order valence-electron chi connectivity index (χ0n) is 16.3. The van der Waals surface area contributed by atoms with Gasteiger partial charge in [-0.15, -0.1) is 0 Å². The van der Waals surface area contributed by atoms with Crippen LogP contribution in [0.25, 0.3) is 0 Å². The molecule has 1 N–H and O–H groups in total. The Balaban J connectivity index is 1.57. The Morgan fingerprint density at radius 2 is 2.15 bits per heavy atom. The van der Waals surface area contributed by atoms with Crippen LogP contribution in [0.5, 0.6) is 5.75 Å². The third kappa shape index (κ3) is 4.86. The van der Waals surface area contributed by atoms with Crippen molar-refractivity contribution in [2.75, 3.05) is 33.3 Å². The molecule has 0 saturated carbocycles. The van der Waals surface area contributed by atoms with Gasteiger partial charge in [-0.2, -0.15) is 0 Å². The smallest absolute Gasteiger partial charge is 0.410 e. The largest absolute Gasteiger partial charge is 0.496 e. The van der Waals surface area contributed by atoms with E-state index in [1.54, 1.807) is 12.0 Å². The minimum atomic E-state index is -0.476. The summed E-state index contributed by atoms with van der Waals surface area (Å²) < 4.78 is 11.9. The van der Waals surface area contributed by atoms with E-state index in [4.69, 9.17) is 9.47 Å². The molecular weight excluding hydrogens is 412 g/mol. The van der Waals surface area contributed by atoms with Crippen molar-refractivity contribution >= 4 is 28.0 Å². The standard InChI is InChI=1S/C19H27BrN4O3/c1-19(2,3)27-18(25)23-7-8-24-15(12-23)11-22-17(24)21-10-13-9-14(20)5-6-16(13)26-4/h5-6,9,15H,7-8,10-12H2,1-4H3,(H,21,22). The number of methoxy groups -OCH3 is 1. The van der Waals surface area contributed by atoms with E-state index < -0.39 is 5.60 Å². The van der Waals surface area contributed by atoms with E-state index in [1.165, 1.54) is 0 Å². The predicted molar refractivity (Wildman–Crippen MR) is 108 cm³/mol. The van der Waals surface area contributed by atoms with Crippen LogP contribution in [0.3, 0.4) is 0 Å². The molecule has 7 nitrogen and oxygen atoms in total. The minimum absolute atomic E-state index is 0.193. The summed E-state index contributed by atoms with van der Waals surface area (Å²) in [7, 11) is 1.67. The number of hydrogen-bond donors (Lipinski definition) is 1. The average Bonchev–Trinajstić information content (AvgIpc) is 3.01. The normalized spacial score (nSPS) is 19.4. The zero-order chi connectivity index (χ0) is 19.6. The number of rotatable bonds is 3. The third-order valence-electron chi connectivity index (χ3n) is 4.54. The van der Waals surface area contributed by atoms with Gasteiger partial charge in [-0.25, -0.2) is 4.79 Å². The number of aliphatic imine (C=N–C) groups is 1. The van der Waals surface area contributed by atoms with E-state index in [1.807, 2.05) is 39.0 Å². The maximum absolute atomic E-state index is 12.3. The summed E-state index contributed by atoms with van der Waals surface area (Å²) in [6.07, 6.45) is -0.248. The van der Waals surface area contributed by atoms with E-state index in [9.17, 15) is 4.79 Å². The van der Waals surface area contributed by atoms with Crippen LogP contribution in [0.4, 0.5) is 4.79 Å². The number of halogens is 1. The van der Waals surface area contributed by atoms with E-state index in [0.29, 0.717) is 26.2 Å². The van der Waals surface area contributed by atoms with Gasteiger partial charge in [0.15, 0.2) is 5.96 Å². The van der Waals surface area contributed by atoms with Crippen LogP contribution in [0.2, 0.25) is 0 Å². The van der Waals surface area contributed by atoms with Gasteiger partial charge in [0.2, 0.25) is 0 Å². The Kier molecular flexibility index (Phi) is 5.83. The van der Waals surface area contributed by atoms with Crippen LogP contribution in [0.15, 0.2) is 27.7 Å². The number of guanidine groups is 1. The molecule has 1 unspecified atom stereocenters. The van der Waals surface area contributed by atoms with Crippen molar-refractivity contribution in [3.05, 3.63) is 28.2 Å². The number of piperazine rings is 1. The van der Waals surface area contributed by atoms with Gasteiger partial charge < -0.3 is 24.6 Å². The highest BCUT2D eigenvalue weighted by Crippen LogP contribution is 2.24. The number of fused-ring (bicyclic) bond motifs is 1. The Labute approximate surface area is 168 Å². The number of nitrogens with zero attached hydrogens (tertiary/aromatic N) is 3. The lowest BCUT2D eigenvalue weighted by Crippen LogP contribution is -2.57. The molecule has 0 aromatic heterocycles. The van der Waals surface area contributed by atoms with Crippen LogP contribution in [0, 0.1) is 0 Å². The van der Waals surface area contributed by atoms with E-state index in [0.717, 1.165) is 28.3 Å². The molecule has 8 heteroatoms. The molecule has 2 heterocycles. The molecule has 1 aromatic carbocycles. The van der Waals surface area contributed by atoms with Gasteiger partial charge in [-0.3, -0.25) is 4.99 Å². The number of carbonyl (C=O) groups is 1. The number of amides is 1. The molecule has 1 atom stereocenters. The van der Waals surface area contributed by atoms with Gasteiger partial charge in [0.05, 0.1) is 19.7 Å². The maximum Gasteiger partial charge on any atom is 0.410 e. The molecule has 0 spiro atoms. The second-order valence-electron chi connectivity index (χ2n) is 7.75. The first-order valence-corrected chi connectivity index (χ1v) is 9.91. The first-order valence-electron chi connectivity index (χ1n) is 9.12. The highest BCUT2D eigenvalue weighted by atomic mass is 79.9. The number of benzene rings is 1. The summed E-state index contributed by atoms with van der Waals surface area (Å²) in [5.41, 5.74) is 0.585. The molecule has 1 saturated heterocycles. The fourth-order valence-electron chi connectivity index (χ4n) is 3.28. The molecule has 0 aliphatic carbocycles. The van der Waals surface area contributed by atoms with E-state index in [-0.39, 0.29) is 12.1 Å². The molecule has 3 rings (SSSR count). The fraction of sp³-hybridized carbons (Fsp3) is 0.579. The molecular formula is C19H27BrN4O3. The van der Waals surface area contributed by atoms with E-state index >= 15 is 0 Å². The summed E-state index contributed by atoms with van der Waals surface area (Å²) in [4.78, 5) is 21.0. The highest BCUT2D eigenvalue weighted by Gasteiger charge is 2.36. The molecule has 1 fully saturated rings. The quantitative estimate of drug-likeness (QED) is 0.785. The second kappa shape index (κ2) is 7.96. The molecule has 0 bridgehead atoms. The van der Waals surface area contributed by atoms with Crippen molar-refractivity contribution < 1.29 is 14.3 Å². The Morgan fingerprint density at radius 1 is 1.37 bits per heavy atom. The average molecular weight is 439 g/mol. The lowest BCUT2D eigenvalue weighted by atomic mass is 10.2. The monoisotopic (exact) mass is 438 g/mol. The molecule has 0 radical (unpaired) electrons. The van der Waals surface area contributed by atoms with Gasteiger partial charge in [-0.1, -0.05) is 15.9 Å². The van der Waals surface area contributed by atoms with Crippen LogP contribution in [-0.2, 0) is 11.3 Å². The van der Waals surface area contributed by atoms with Crippen LogP contribution in [-0.4, -0.2) is 66.8 Å². The first kappa shape index (κ1) is 19.8. The summed E-state index contributed by atoms with van der Waals surface area (Å²) >= 11 is 3.50. The number of hydrogen-bond acceptors (Lipinski definition) is 6. The van der Waals surface area contributed by atoms with Gasteiger partial charge in [0, 0.05) is 36.2 Å². The fourth-order valence-corrected chi connectivity index (χ4v) is 3.69. The lowest BCUT2D eigenvalue weighted by molar-refractivity contribution is 0.0137. The number of nitrogens with one attached hydrogen (secondary N) is 1. The molecule has 2 aliphatic rings. The summed E-state index contributed by atoms with van der Waals surface area (Å²) in [6, 6.07) is 6.14. The predicted octanol–water partition coefficient (Wildman–Crippen LogP) is 2.84. The van der Waals surface area contributed by atoms with Crippen LogP contribution in [0.1, 0.15) is 26.3 Å². The third-order valence-corrected chi connectivity index (χ3v) is 5.03. The van der Waals surface area contributed by atoms with Crippen LogP contribution < -0.4 is 10.1 Å².